The minimum absolute atomic E-state index is 0.162. The number of carbonyl (C=O) groups is 2. The minimum atomic E-state index is -0.393. The number of rotatable bonds is 7. The molecule has 0 fully saturated rings. The average molecular weight is 352 g/mol. The van der Waals surface area contributed by atoms with E-state index >= 15 is 0 Å². The van der Waals surface area contributed by atoms with Crippen LogP contribution in [0.5, 0.6) is 0 Å². The number of anilines is 1. The Balaban J connectivity index is 1.37. The Morgan fingerprint density at radius 3 is 2.46 bits per heavy atom. The van der Waals surface area contributed by atoms with E-state index in [1.807, 2.05) is 6.07 Å². The summed E-state index contributed by atoms with van der Waals surface area (Å²) < 4.78 is 0. The zero-order chi connectivity index (χ0) is 18.4. The molecule has 1 aliphatic rings. The van der Waals surface area contributed by atoms with E-state index < -0.39 is 5.91 Å². The highest BCUT2D eigenvalue weighted by Crippen LogP contribution is 2.21. The van der Waals surface area contributed by atoms with E-state index in [0.29, 0.717) is 12.2 Å². The molecule has 0 saturated heterocycles. The van der Waals surface area contributed by atoms with Crippen LogP contribution in [0.1, 0.15) is 23.1 Å². The van der Waals surface area contributed by atoms with Crippen LogP contribution in [-0.2, 0) is 24.3 Å². The molecule has 0 bridgehead atoms. The molecule has 6 heteroatoms. The number of primary amides is 1. The van der Waals surface area contributed by atoms with E-state index in [-0.39, 0.29) is 12.5 Å². The third-order valence-electron chi connectivity index (χ3n) is 4.41. The number of nitrogens with zero attached hydrogens (tertiary/aromatic N) is 1. The third-order valence-corrected chi connectivity index (χ3v) is 4.41. The lowest BCUT2D eigenvalue weighted by molar-refractivity contribution is -0.117. The average Bonchev–Trinajstić information content (AvgIpc) is 3.01. The Labute approximate surface area is 153 Å². The van der Waals surface area contributed by atoms with E-state index in [1.54, 1.807) is 18.2 Å². The summed E-state index contributed by atoms with van der Waals surface area (Å²) in [5, 5.41) is 5.65. The molecule has 26 heavy (non-hydrogen) atoms. The van der Waals surface area contributed by atoms with Crippen LogP contribution in [0, 0.1) is 0 Å². The van der Waals surface area contributed by atoms with Crippen molar-refractivity contribution in [2.24, 2.45) is 5.73 Å². The fraction of sp³-hybridized carbons (Fsp3) is 0.300. The molecule has 136 valence electrons. The molecule has 1 heterocycles. The first-order valence-corrected chi connectivity index (χ1v) is 8.81. The number of hydrogen-bond acceptors (Lipinski definition) is 3. The van der Waals surface area contributed by atoms with E-state index in [2.05, 4.69) is 39.8 Å². The van der Waals surface area contributed by atoms with Gasteiger partial charge in [0, 0.05) is 31.9 Å². The normalized spacial score (nSPS) is 13.2. The smallest absolute Gasteiger partial charge is 0.319 e. The molecule has 0 atom stereocenters. The van der Waals surface area contributed by atoms with Gasteiger partial charge in [-0.2, -0.15) is 0 Å². The summed E-state index contributed by atoms with van der Waals surface area (Å²) in [6, 6.07) is 15.4. The lowest BCUT2D eigenvalue weighted by atomic mass is 10.1. The number of nitrogens with two attached hydrogens (primary N) is 1. The third kappa shape index (κ3) is 5.07. The number of hydrogen-bond donors (Lipinski definition) is 3. The van der Waals surface area contributed by atoms with E-state index in [9.17, 15) is 9.59 Å². The van der Waals surface area contributed by atoms with Gasteiger partial charge < -0.3 is 16.4 Å². The Morgan fingerprint density at radius 1 is 1.04 bits per heavy atom. The Kier molecular flexibility index (Phi) is 5.86. The Bertz CT molecular complexity index is 766. The Morgan fingerprint density at radius 2 is 1.77 bits per heavy atom. The number of amides is 3. The van der Waals surface area contributed by atoms with Crippen LogP contribution in [0.2, 0.25) is 0 Å². The topological polar surface area (TPSA) is 87.5 Å². The summed E-state index contributed by atoms with van der Waals surface area (Å²) in [6.07, 6.45) is 1.05. The fourth-order valence-electron chi connectivity index (χ4n) is 3.20. The molecule has 3 rings (SSSR count). The van der Waals surface area contributed by atoms with Crippen molar-refractivity contribution in [2.45, 2.75) is 25.9 Å². The first kappa shape index (κ1) is 17.9. The van der Waals surface area contributed by atoms with Gasteiger partial charge in [0.15, 0.2) is 0 Å². The zero-order valence-electron chi connectivity index (χ0n) is 14.7. The molecule has 0 unspecified atom stereocenters. The molecule has 3 amide bonds. The largest absolute Gasteiger partial charge is 0.369 e. The van der Waals surface area contributed by atoms with Gasteiger partial charge >= 0.3 is 6.03 Å². The quantitative estimate of drug-likeness (QED) is 0.668. The molecule has 2 aromatic carbocycles. The van der Waals surface area contributed by atoms with Gasteiger partial charge in [-0.1, -0.05) is 36.4 Å². The summed E-state index contributed by atoms with van der Waals surface area (Å²) in [7, 11) is 0. The fourth-order valence-corrected chi connectivity index (χ4v) is 3.20. The molecule has 0 aromatic heterocycles. The number of benzene rings is 2. The van der Waals surface area contributed by atoms with Gasteiger partial charge in [-0.15, -0.1) is 0 Å². The van der Waals surface area contributed by atoms with Gasteiger partial charge in [-0.05, 0) is 35.2 Å². The minimum Gasteiger partial charge on any atom is -0.369 e. The second kappa shape index (κ2) is 8.49. The number of fused-ring (bicyclic) bond motifs is 1. The molecule has 0 radical (unpaired) electrons. The number of urea groups is 1. The summed E-state index contributed by atoms with van der Waals surface area (Å²) in [4.78, 5) is 25.4. The van der Waals surface area contributed by atoms with E-state index in [1.165, 1.54) is 11.1 Å². The van der Waals surface area contributed by atoms with Crippen molar-refractivity contribution in [1.29, 1.82) is 0 Å². The van der Waals surface area contributed by atoms with Crippen molar-refractivity contribution < 1.29 is 9.59 Å². The monoisotopic (exact) mass is 352 g/mol. The van der Waals surface area contributed by atoms with Crippen LogP contribution in [0.25, 0.3) is 0 Å². The van der Waals surface area contributed by atoms with E-state index in [4.69, 9.17) is 5.73 Å². The second-order valence-corrected chi connectivity index (χ2v) is 6.56. The van der Waals surface area contributed by atoms with Gasteiger partial charge in [-0.25, -0.2) is 4.79 Å². The van der Waals surface area contributed by atoms with Crippen LogP contribution < -0.4 is 16.4 Å². The van der Waals surface area contributed by atoms with Gasteiger partial charge in [-0.3, -0.25) is 9.69 Å². The molecule has 6 nitrogen and oxygen atoms in total. The molecular weight excluding hydrogens is 328 g/mol. The predicted octanol–water partition coefficient (Wildman–Crippen LogP) is 2.24. The maximum atomic E-state index is 12.0. The van der Waals surface area contributed by atoms with Crippen LogP contribution >= 0.6 is 0 Å². The van der Waals surface area contributed by atoms with Crippen molar-refractivity contribution >= 4 is 17.6 Å². The highest BCUT2D eigenvalue weighted by Gasteiger charge is 2.17. The predicted molar refractivity (Wildman–Crippen MR) is 102 cm³/mol. The van der Waals surface area contributed by atoms with Crippen LogP contribution in [0.4, 0.5) is 10.5 Å². The lowest BCUT2D eigenvalue weighted by Gasteiger charge is -2.15. The molecule has 4 N–H and O–H groups in total. The first-order chi connectivity index (χ1) is 12.6. The highest BCUT2D eigenvalue weighted by atomic mass is 16.2. The molecule has 2 aromatic rings. The van der Waals surface area contributed by atoms with E-state index in [0.717, 1.165) is 31.6 Å². The van der Waals surface area contributed by atoms with Crippen molar-refractivity contribution in [3.8, 4) is 0 Å². The SMILES string of the molecule is NC(=O)Cc1cccc(NC(=O)NCCCN2Cc3ccccc3C2)c1. The van der Waals surface area contributed by atoms with Crippen LogP contribution in [-0.4, -0.2) is 29.9 Å². The maximum absolute atomic E-state index is 12.0. The second-order valence-electron chi connectivity index (χ2n) is 6.56. The summed E-state index contributed by atoms with van der Waals surface area (Å²) in [5.74, 6) is -0.393. The summed E-state index contributed by atoms with van der Waals surface area (Å²) >= 11 is 0. The molecule has 0 saturated carbocycles. The summed E-state index contributed by atoms with van der Waals surface area (Å²) in [5.41, 5.74) is 9.42. The van der Waals surface area contributed by atoms with Crippen molar-refractivity contribution in [3.63, 3.8) is 0 Å². The highest BCUT2D eigenvalue weighted by molar-refractivity contribution is 5.89. The molecule has 1 aliphatic heterocycles. The van der Waals surface area contributed by atoms with Gasteiger partial charge in [0.1, 0.15) is 0 Å². The first-order valence-electron chi connectivity index (χ1n) is 8.81. The standard InChI is InChI=1S/C20H24N4O2/c21-19(25)12-15-5-3-8-18(11-15)23-20(26)22-9-4-10-24-13-16-6-1-2-7-17(16)14-24/h1-3,5-8,11H,4,9-10,12-14H2,(H2,21,25)(H2,22,23,26). The molecule has 0 spiro atoms. The van der Waals surface area contributed by atoms with Gasteiger partial charge in [0.25, 0.3) is 0 Å². The van der Waals surface area contributed by atoms with Crippen molar-refractivity contribution in [3.05, 3.63) is 65.2 Å². The zero-order valence-corrected chi connectivity index (χ0v) is 14.7. The van der Waals surface area contributed by atoms with Gasteiger partial charge in [0.2, 0.25) is 5.91 Å². The summed E-state index contributed by atoms with van der Waals surface area (Å²) in [6.45, 7) is 3.52. The van der Waals surface area contributed by atoms with Crippen molar-refractivity contribution in [1.82, 2.24) is 10.2 Å². The molecule has 0 aliphatic carbocycles. The lowest BCUT2D eigenvalue weighted by Crippen LogP contribution is -2.31. The number of nitrogens with one attached hydrogen (secondary N) is 2. The van der Waals surface area contributed by atoms with Crippen LogP contribution in [0.3, 0.4) is 0 Å². The number of carbonyl (C=O) groups excluding carboxylic acids is 2. The molecular formula is C20H24N4O2. The van der Waals surface area contributed by atoms with Crippen LogP contribution in [0.15, 0.2) is 48.5 Å². The maximum Gasteiger partial charge on any atom is 0.319 e. The van der Waals surface area contributed by atoms with Crippen molar-refractivity contribution in [2.75, 3.05) is 18.4 Å². The Hall–Kier alpha value is -2.86. The van der Waals surface area contributed by atoms with Gasteiger partial charge in [0.05, 0.1) is 6.42 Å².